The highest BCUT2D eigenvalue weighted by Crippen LogP contribution is 2.19. The van der Waals surface area contributed by atoms with E-state index in [1.54, 1.807) is 0 Å². The quantitative estimate of drug-likeness (QED) is 0.790. The van der Waals surface area contributed by atoms with Crippen molar-refractivity contribution in [3.63, 3.8) is 0 Å². The van der Waals surface area contributed by atoms with Crippen LogP contribution in [0.15, 0.2) is 18.2 Å². The average molecular weight is 300 g/mol. The van der Waals surface area contributed by atoms with Gasteiger partial charge in [0, 0.05) is 18.3 Å². The second-order valence-electron chi connectivity index (χ2n) is 4.63. The second-order valence-corrected chi connectivity index (χ2v) is 4.63. The van der Waals surface area contributed by atoms with Crippen molar-refractivity contribution in [2.24, 2.45) is 0 Å². The predicted octanol–water partition coefficient (Wildman–Crippen LogP) is 1.72. The van der Waals surface area contributed by atoms with Crippen LogP contribution < -0.4 is 10.6 Å². The molecule has 21 heavy (non-hydrogen) atoms. The third kappa shape index (κ3) is 4.12. The molecule has 8 heteroatoms. The van der Waals surface area contributed by atoms with E-state index in [1.807, 2.05) is 0 Å². The van der Waals surface area contributed by atoms with E-state index in [2.05, 4.69) is 10.6 Å². The van der Waals surface area contributed by atoms with Crippen molar-refractivity contribution in [2.45, 2.75) is 25.0 Å². The fourth-order valence-electron chi connectivity index (χ4n) is 1.99. The summed E-state index contributed by atoms with van der Waals surface area (Å²) in [6, 6.07) is 2.39. The number of hydrogen-bond donors (Lipinski definition) is 3. The maximum absolute atomic E-state index is 13.0. The zero-order valence-electron chi connectivity index (χ0n) is 10.9. The lowest BCUT2D eigenvalue weighted by atomic mass is 10.2. The minimum absolute atomic E-state index is 0.113. The standard InChI is InChI=1S/C13H14F2N2O4/c14-9-3-1-7(5-10(9)15)17-13(20)16-6-8-2-4-11(21-8)12(18)19/h1,3,5,8,11H,2,4,6H2,(H,18,19)(H2,16,17,20). The molecule has 0 saturated carbocycles. The minimum atomic E-state index is -1.06. The fourth-order valence-corrected chi connectivity index (χ4v) is 1.99. The van der Waals surface area contributed by atoms with E-state index in [0.29, 0.717) is 12.8 Å². The summed E-state index contributed by atoms with van der Waals surface area (Å²) < 4.78 is 30.9. The number of anilines is 1. The Bertz CT molecular complexity index is 553. The van der Waals surface area contributed by atoms with Crippen molar-refractivity contribution >= 4 is 17.7 Å². The molecule has 1 aromatic carbocycles. The van der Waals surface area contributed by atoms with Gasteiger partial charge in [-0.25, -0.2) is 18.4 Å². The van der Waals surface area contributed by atoms with Gasteiger partial charge in [0.2, 0.25) is 0 Å². The monoisotopic (exact) mass is 300 g/mol. The van der Waals surface area contributed by atoms with Crippen LogP contribution >= 0.6 is 0 Å². The van der Waals surface area contributed by atoms with Crippen molar-refractivity contribution in [1.29, 1.82) is 0 Å². The summed E-state index contributed by atoms with van der Waals surface area (Å²) in [7, 11) is 0. The number of benzene rings is 1. The molecule has 2 amide bonds. The van der Waals surface area contributed by atoms with Crippen molar-refractivity contribution < 1.29 is 28.2 Å². The van der Waals surface area contributed by atoms with Gasteiger partial charge in [-0.05, 0) is 25.0 Å². The largest absolute Gasteiger partial charge is 0.479 e. The molecule has 114 valence electrons. The molecule has 2 atom stereocenters. The number of amides is 2. The molecule has 1 heterocycles. The van der Waals surface area contributed by atoms with E-state index in [9.17, 15) is 18.4 Å². The molecule has 2 rings (SSSR count). The summed E-state index contributed by atoms with van der Waals surface area (Å²) in [6.07, 6.45) is -0.289. The Kier molecular flexibility index (Phi) is 4.69. The van der Waals surface area contributed by atoms with Crippen LogP contribution in [0.2, 0.25) is 0 Å². The van der Waals surface area contributed by atoms with Gasteiger partial charge in [-0.15, -0.1) is 0 Å². The maximum Gasteiger partial charge on any atom is 0.332 e. The Balaban J connectivity index is 1.77. The number of carbonyl (C=O) groups excluding carboxylic acids is 1. The van der Waals surface area contributed by atoms with Crippen molar-refractivity contribution in [3.8, 4) is 0 Å². The van der Waals surface area contributed by atoms with Crippen LogP contribution in [0.1, 0.15) is 12.8 Å². The molecule has 0 spiro atoms. The molecule has 3 N–H and O–H groups in total. The fraction of sp³-hybridized carbons (Fsp3) is 0.385. The molecule has 0 bridgehead atoms. The molecule has 1 aliphatic rings. The lowest BCUT2D eigenvalue weighted by Crippen LogP contribution is -2.35. The van der Waals surface area contributed by atoms with Crippen LogP contribution in [0.5, 0.6) is 0 Å². The van der Waals surface area contributed by atoms with Gasteiger partial charge in [0.25, 0.3) is 0 Å². The van der Waals surface area contributed by atoms with Crippen LogP contribution in [-0.2, 0) is 9.53 Å². The average Bonchev–Trinajstić information content (AvgIpc) is 2.90. The molecule has 2 unspecified atom stereocenters. The van der Waals surface area contributed by atoms with E-state index in [4.69, 9.17) is 9.84 Å². The van der Waals surface area contributed by atoms with Gasteiger partial charge in [0.15, 0.2) is 17.7 Å². The van der Waals surface area contributed by atoms with Crippen molar-refractivity contribution in [2.75, 3.05) is 11.9 Å². The topological polar surface area (TPSA) is 87.7 Å². The SMILES string of the molecule is O=C(NCC1CCC(C(=O)O)O1)Nc1ccc(F)c(F)c1. The number of carbonyl (C=O) groups is 2. The lowest BCUT2D eigenvalue weighted by Gasteiger charge is -2.13. The molecular formula is C13H14F2N2O4. The van der Waals surface area contributed by atoms with E-state index in [0.717, 1.165) is 12.1 Å². The summed E-state index contributed by atoms with van der Waals surface area (Å²) >= 11 is 0. The molecule has 1 fully saturated rings. The first-order valence-corrected chi connectivity index (χ1v) is 6.34. The van der Waals surface area contributed by atoms with Crippen molar-refractivity contribution in [1.82, 2.24) is 5.32 Å². The predicted molar refractivity (Wildman–Crippen MR) is 68.9 cm³/mol. The van der Waals surface area contributed by atoms with Crippen LogP contribution in [0.25, 0.3) is 0 Å². The lowest BCUT2D eigenvalue weighted by molar-refractivity contribution is -0.149. The number of halogens is 2. The smallest absolute Gasteiger partial charge is 0.332 e. The first-order chi connectivity index (χ1) is 9.95. The van der Waals surface area contributed by atoms with Crippen LogP contribution in [-0.4, -0.2) is 35.9 Å². The van der Waals surface area contributed by atoms with E-state index >= 15 is 0 Å². The summed E-state index contributed by atoms with van der Waals surface area (Å²) in [4.78, 5) is 22.3. The third-order valence-corrected chi connectivity index (χ3v) is 3.05. The highest BCUT2D eigenvalue weighted by atomic mass is 19.2. The Hall–Kier alpha value is -2.22. The minimum Gasteiger partial charge on any atom is -0.479 e. The number of nitrogens with one attached hydrogen (secondary N) is 2. The molecule has 6 nitrogen and oxygen atoms in total. The van der Waals surface area contributed by atoms with Crippen LogP contribution in [0.3, 0.4) is 0 Å². The highest BCUT2D eigenvalue weighted by molar-refractivity contribution is 5.89. The molecular weight excluding hydrogens is 286 g/mol. The van der Waals surface area contributed by atoms with E-state index in [1.165, 1.54) is 6.07 Å². The van der Waals surface area contributed by atoms with Gasteiger partial charge >= 0.3 is 12.0 Å². The zero-order valence-corrected chi connectivity index (χ0v) is 10.9. The first-order valence-electron chi connectivity index (χ1n) is 6.34. The summed E-state index contributed by atoms with van der Waals surface area (Å²) in [5.74, 6) is -3.08. The summed E-state index contributed by atoms with van der Waals surface area (Å²) in [6.45, 7) is 0.138. The number of hydrogen-bond acceptors (Lipinski definition) is 3. The number of ether oxygens (including phenoxy) is 1. The Morgan fingerprint density at radius 1 is 1.29 bits per heavy atom. The molecule has 1 saturated heterocycles. The van der Waals surface area contributed by atoms with E-state index < -0.39 is 29.7 Å². The van der Waals surface area contributed by atoms with Crippen LogP contribution in [0.4, 0.5) is 19.3 Å². The number of urea groups is 1. The van der Waals surface area contributed by atoms with Gasteiger partial charge < -0.3 is 20.5 Å². The Morgan fingerprint density at radius 2 is 2.05 bits per heavy atom. The zero-order chi connectivity index (χ0) is 15.4. The van der Waals surface area contributed by atoms with E-state index in [-0.39, 0.29) is 18.3 Å². The normalized spacial score (nSPS) is 21.0. The number of carboxylic acid groups (broad SMARTS) is 1. The number of carboxylic acids is 1. The Labute approximate surface area is 119 Å². The molecule has 0 aromatic heterocycles. The first kappa shape index (κ1) is 15.2. The van der Waals surface area contributed by atoms with Crippen molar-refractivity contribution in [3.05, 3.63) is 29.8 Å². The maximum atomic E-state index is 13.0. The molecule has 1 aromatic rings. The molecule has 0 radical (unpaired) electrons. The number of rotatable bonds is 4. The van der Waals surface area contributed by atoms with Gasteiger partial charge in [-0.2, -0.15) is 0 Å². The van der Waals surface area contributed by atoms with Gasteiger partial charge in [0.05, 0.1) is 6.10 Å². The van der Waals surface area contributed by atoms with Crippen LogP contribution in [0, 0.1) is 11.6 Å². The second kappa shape index (κ2) is 6.49. The van der Waals surface area contributed by atoms with Gasteiger partial charge in [0.1, 0.15) is 0 Å². The summed E-state index contributed by atoms with van der Waals surface area (Å²) in [5, 5.41) is 13.6. The molecule has 0 aliphatic carbocycles. The Morgan fingerprint density at radius 3 is 2.67 bits per heavy atom. The number of aliphatic carboxylic acids is 1. The highest BCUT2D eigenvalue weighted by Gasteiger charge is 2.30. The third-order valence-electron chi connectivity index (χ3n) is 3.05. The molecule has 1 aliphatic heterocycles. The van der Waals surface area contributed by atoms with Gasteiger partial charge in [-0.1, -0.05) is 0 Å². The van der Waals surface area contributed by atoms with Gasteiger partial charge in [-0.3, -0.25) is 0 Å². The summed E-state index contributed by atoms with van der Waals surface area (Å²) in [5.41, 5.74) is 0.113.